The predicted octanol–water partition coefficient (Wildman–Crippen LogP) is 2.38. The molecule has 0 amide bonds. The third kappa shape index (κ3) is 3.96. The summed E-state index contributed by atoms with van der Waals surface area (Å²) in [5, 5.41) is 10.9. The summed E-state index contributed by atoms with van der Waals surface area (Å²) in [6.45, 7) is 0.632. The van der Waals surface area contributed by atoms with Crippen molar-refractivity contribution >= 4 is 17.3 Å². The third-order valence-corrected chi connectivity index (χ3v) is 2.88. The van der Waals surface area contributed by atoms with Crippen LogP contribution in [0.2, 0.25) is 5.02 Å². The summed E-state index contributed by atoms with van der Waals surface area (Å²) in [6, 6.07) is 4.47. The lowest BCUT2D eigenvalue weighted by molar-refractivity contribution is -0.384. The Hall–Kier alpha value is -1.17. The summed E-state index contributed by atoms with van der Waals surface area (Å²) in [4.78, 5) is 10.2. The Labute approximate surface area is 105 Å². The number of benzene rings is 1. The summed E-state index contributed by atoms with van der Waals surface area (Å²) >= 11 is 5.72. The number of hydrogen-bond acceptors (Lipinski definition) is 4. The van der Waals surface area contributed by atoms with Crippen molar-refractivity contribution in [2.45, 2.75) is 25.3 Å². The van der Waals surface area contributed by atoms with Crippen molar-refractivity contribution < 1.29 is 4.92 Å². The van der Waals surface area contributed by atoms with Crippen LogP contribution in [-0.2, 0) is 0 Å². The number of halogens is 1. The van der Waals surface area contributed by atoms with E-state index in [0.717, 1.165) is 24.8 Å². The van der Waals surface area contributed by atoms with Gasteiger partial charge in [0, 0.05) is 12.1 Å². The fourth-order valence-electron chi connectivity index (χ4n) is 1.58. The maximum atomic E-state index is 10.7. The zero-order valence-corrected chi connectivity index (χ0v) is 10.2. The maximum Gasteiger partial charge on any atom is 0.288 e. The zero-order chi connectivity index (χ0) is 12.8. The van der Waals surface area contributed by atoms with Gasteiger partial charge in [-0.1, -0.05) is 24.1 Å². The highest BCUT2D eigenvalue weighted by molar-refractivity contribution is 6.32. The Kier molecular flexibility index (Phi) is 5.34. The van der Waals surface area contributed by atoms with E-state index in [2.05, 4.69) is 0 Å². The van der Waals surface area contributed by atoms with Gasteiger partial charge in [0.2, 0.25) is 0 Å². The smallest absolute Gasteiger partial charge is 0.288 e. The van der Waals surface area contributed by atoms with Crippen LogP contribution in [0.5, 0.6) is 0 Å². The van der Waals surface area contributed by atoms with Crippen LogP contribution in [-0.4, -0.2) is 11.5 Å². The van der Waals surface area contributed by atoms with Gasteiger partial charge in [-0.15, -0.1) is 0 Å². The molecule has 0 aliphatic rings. The molecule has 1 atom stereocenters. The van der Waals surface area contributed by atoms with Crippen molar-refractivity contribution in [3.05, 3.63) is 38.9 Å². The van der Waals surface area contributed by atoms with Crippen molar-refractivity contribution in [3.8, 4) is 0 Å². The Morgan fingerprint density at radius 1 is 1.41 bits per heavy atom. The minimum absolute atomic E-state index is 0.0987. The molecule has 94 valence electrons. The van der Waals surface area contributed by atoms with Crippen LogP contribution in [0.15, 0.2) is 18.2 Å². The largest absolute Gasteiger partial charge is 0.330 e. The van der Waals surface area contributed by atoms with Crippen LogP contribution in [0.25, 0.3) is 0 Å². The molecule has 1 aromatic carbocycles. The highest BCUT2D eigenvalue weighted by Crippen LogP contribution is 2.28. The first-order valence-corrected chi connectivity index (χ1v) is 5.83. The van der Waals surface area contributed by atoms with Crippen molar-refractivity contribution in [3.63, 3.8) is 0 Å². The number of hydrogen-bond donors (Lipinski definition) is 2. The maximum absolute atomic E-state index is 10.7. The van der Waals surface area contributed by atoms with Gasteiger partial charge in [-0.3, -0.25) is 10.1 Å². The molecule has 5 nitrogen and oxygen atoms in total. The normalized spacial score (nSPS) is 12.4. The molecule has 1 aromatic rings. The number of nitrogens with two attached hydrogens (primary N) is 2. The van der Waals surface area contributed by atoms with Crippen LogP contribution in [0.1, 0.15) is 30.9 Å². The quantitative estimate of drug-likeness (QED) is 0.465. The summed E-state index contributed by atoms with van der Waals surface area (Å²) in [7, 11) is 0. The summed E-state index contributed by atoms with van der Waals surface area (Å²) in [6.07, 6.45) is 2.58. The molecule has 1 rings (SSSR count). The summed E-state index contributed by atoms with van der Waals surface area (Å²) < 4.78 is 0. The second-order valence-corrected chi connectivity index (χ2v) is 4.27. The molecular formula is C11H16ClN3O2. The first-order chi connectivity index (χ1) is 8.06. The second-order valence-electron chi connectivity index (χ2n) is 3.86. The third-order valence-electron chi connectivity index (χ3n) is 2.56. The average Bonchev–Trinajstić information content (AvgIpc) is 2.29. The Bertz CT molecular complexity index is 398. The van der Waals surface area contributed by atoms with Crippen molar-refractivity contribution in [1.29, 1.82) is 0 Å². The molecule has 0 unspecified atom stereocenters. The van der Waals surface area contributed by atoms with Crippen LogP contribution < -0.4 is 11.5 Å². The second kappa shape index (κ2) is 6.54. The molecule has 4 N–H and O–H groups in total. The van der Waals surface area contributed by atoms with Gasteiger partial charge in [0.25, 0.3) is 5.69 Å². The lowest BCUT2D eigenvalue weighted by Gasteiger charge is -2.11. The molecule has 0 spiro atoms. The molecule has 0 aliphatic carbocycles. The highest BCUT2D eigenvalue weighted by Gasteiger charge is 2.15. The van der Waals surface area contributed by atoms with Gasteiger partial charge in [-0.05, 0) is 31.0 Å². The van der Waals surface area contributed by atoms with E-state index in [1.807, 2.05) is 0 Å². The van der Waals surface area contributed by atoms with Crippen LogP contribution >= 0.6 is 11.6 Å². The van der Waals surface area contributed by atoms with Crippen LogP contribution in [0, 0.1) is 10.1 Å². The van der Waals surface area contributed by atoms with E-state index in [9.17, 15) is 10.1 Å². The number of nitrogens with zero attached hydrogens (tertiary/aromatic N) is 1. The fourth-order valence-corrected chi connectivity index (χ4v) is 1.76. The molecule has 0 saturated carbocycles. The molecule has 17 heavy (non-hydrogen) atoms. The number of nitro benzene ring substituents is 1. The van der Waals surface area contributed by atoms with Crippen LogP contribution in [0.3, 0.4) is 0 Å². The Morgan fingerprint density at radius 3 is 2.71 bits per heavy atom. The molecular weight excluding hydrogens is 242 g/mol. The van der Waals surface area contributed by atoms with E-state index in [-0.39, 0.29) is 16.8 Å². The van der Waals surface area contributed by atoms with E-state index in [4.69, 9.17) is 23.1 Å². The van der Waals surface area contributed by atoms with Crippen LogP contribution in [0.4, 0.5) is 5.69 Å². The van der Waals surface area contributed by atoms with Gasteiger partial charge in [-0.2, -0.15) is 0 Å². The SMILES string of the molecule is NCCCC[C@@H](N)c1ccc(Cl)c([N+](=O)[O-])c1. The monoisotopic (exact) mass is 257 g/mol. The lowest BCUT2D eigenvalue weighted by atomic mass is 10.0. The van der Waals surface area contributed by atoms with E-state index in [0.29, 0.717) is 6.54 Å². The average molecular weight is 258 g/mol. The van der Waals surface area contributed by atoms with Gasteiger partial charge < -0.3 is 11.5 Å². The number of unbranched alkanes of at least 4 members (excludes halogenated alkanes) is 1. The molecule has 0 heterocycles. The van der Waals surface area contributed by atoms with Gasteiger partial charge in [0.05, 0.1) is 4.92 Å². The van der Waals surface area contributed by atoms with Crippen molar-refractivity contribution in [2.75, 3.05) is 6.54 Å². The van der Waals surface area contributed by atoms with Gasteiger partial charge in [0.1, 0.15) is 5.02 Å². The lowest BCUT2D eigenvalue weighted by Crippen LogP contribution is -2.11. The van der Waals surface area contributed by atoms with Crippen molar-refractivity contribution in [1.82, 2.24) is 0 Å². The predicted molar refractivity (Wildman–Crippen MR) is 67.9 cm³/mol. The van der Waals surface area contributed by atoms with E-state index in [1.54, 1.807) is 6.07 Å². The van der Waals surface area contributed by atoms with E-state index >= 15 is 0 Å². The van der Waals surface area contributed by atoms with E-state index in [1.165, 1.54) is 12.1 Å². The zero-order valence-electron chi connectivity index (χ0n) is 9.43. The molecule has 0 radical (unpaired) electrons. The molecule has 0 aliphatic heterocycles. The van der Waals surface area contributed by atoms with Gasteiger partial charge >= 0.3 is 0 Å². The topological polar surface area (TPSA) is 95.2 Å². The minimum atomic E-state index is -0.502. The molecule has 0 bridgehead atoms. The summed E-state index contributed by atoms with van der Waals surface area (Å²) in [5.41, 5.74) is 12.0. The molecule has 0 fully saturated rings. The van der Waals surface area contributed by atoms with Crippen molar-refractivity contribution in [2.24, 2.45) is 11.5 Å². The first-order valence-electron chi connectivity index (χ1n) is 5.45. The number of rotatable bonds is 6. The fraction of sp³-hybridized carbons (Fsp3) is 0.455. The summed E-state index contributed by atoms with van der Waals surface area (Å²) in [5.74, 6) is 0. The minimum Gasteiger partial charge on any atom is -0.330 e. The molecule has 6 heteroatoms. The van der Waals surface area contributed by atoms with Gasteiger partial charge in [0.15, 0.2) is 0 Å². The molecule has 0 aromatic heterocycles. The molecule has 0 saturated heterocycles. The first kappa shape index (κ1) is 13.9. The standard InChI is InChI=1S/C11H16ClN3O2/c12-9-5-4-8(7-11(9)15(16)17)10(14)3-1-2-6-13/h4-5,7,10H,1-3,6,13-14H2/t10-/m1/s1. The van der Waals surface area contributed by atoms with E-state index < -0.39 is 4.92 Å². The number of nitro groups is 1. The van der Waals surface area contributed by atoms with Gasteiger partial charge in [-0.25, -0.2) is 0 Å². The Morgan fingerprint density at radius 2 is 2.12 bits per heavy atom. The Balaban J connectivity index is 2.77. The highest BCUT2D eigenvalue weighted by atomic mass is 35.5.